The molecule has 2 nitrogen and oxygen atoms in total. The second-order valence-electron chi connectivity index (χ2n) is 4.85. The highest BCUT2D eigenvalue weighted by Crippen LogP contribution is 2.23. The van der Waals surface area contributed by atoms with Crippen LogP contribution >= 0.6 is 23.2 Å². The number of hydrogen-bond acceptors (Lipinski definition) is 2. The van der Waals surface area contributed by atoms with Gasteiger partial charge in [0.15, 0.2) is 0 Å². The largest absolute Gasteiger partial charge is 0.366 e. The van der Waals surface area contributed by atoms with Crippen molar-refractivity contribution < 1.29 is 0 Å². The molecule has 0 saturated carbocycles. The second-order valence-corrected chi connectivity index (χ2v) is 5.70. The van der Waals surface area contributed by atoms with Crippen molar-refractivity contribution in [2.45, 2.75) is 46.1 Å². The summed E-state index contributed by atoms with van der Waals surface area (Å²) >= 11 is 11.8. The quantitative estimate of drug-likeness (QED) is 0.788. The van der Waals surface area contributed by atoms with Crippen LogP contribution < -0.4 is 5.32 Å². The Kier molecular flexibility index (Phi) is 6.07. The van der Waals surface area contributed by atoms with Crippen molar-refractivity contribution in [3.8, 4) is 0 Å². The Balaban J connectivity index is 2.42. The van der Waals surface area contributed by atoms with Gasteiger partial charge in [-0.2, -0.15) is 0 Å². The van der Waals surface area contributed by atoms with Crippen molar-refractivity contribution >= 4 is 29.0 Å². The third-order valence-corrected chi connectivity index (χ3v) is 3.10. The van der Waals surface area contributed by atoms with E-state index in [1.165, 1.54) is 12.8 Å². The molecule has 0 saturated heterocycles. The molecule has 0 aliphatic rings. The zero-order valence-electron chi connectivity index (χ0n) is 10.6. The number of nitrogens with one attached hydrogen (secondary N) is 1. The summed E-state index contributed by atoms with van der Waals surface area (Å²) in [5.41, 5.74) is 0. The summed E-state index contributed by atoms with van der Waals surface area (Å²) < 4.78 is 0. The number of aromatic nitrogens is 1. The zero-order valence-corrected chi connectivity index (χ0v) is 12.1. The van der Waals surface area contributed by atoms with Gasteiger partial charge in [-0.3, -0.25) is 0 Å². The average Bonchev–Trinajstić information content (AvgIpc) is 2.21. The fourth-order valence-electron chi connectivity index (χ4n) is 1.66. The summed E-state index contributed by atoms with van der Waals surface area (Å²) in [6, 6.07) is 2.08. The van der Waals surface area contributed by atoms with Crippen LogP contribution in [-0.2, 0) is 0 Å². The van der Waals surface area contributed by atoms with E-state index in [1.54, 1.807) is 12.3 Å². The van der Waals surface area contributed by atoms with Gasteiger partial charge in [0.2, 0.25) is 0 Å². The van der Waals surface area contributed by atoms with E-state index >= 15 is 0 Å². The summed E-state index contributed by atoms with van der Waals surface area (Å²) in [6.45, 7) is 6.64. The Morgan fingerprint density at radius 2 is 1.94 bits per heavy atom. The SMILES string of the molecule is CC(C)CCCC(C)Nc1ncc(Cl)cc1Cl. The van der Waals surface area contributed by atoms with E-state index in [2.05, 4.69) is 31.1 Å². The molecule has 0 fully saturated rings. The van der Waals surface area contributed by atoms with Crippen LogP contribution in [0.5, 0.6) is 0 Å². The standard InChI is InChI=1S/C13H20Cl2N2/c1-9(2)5-4-6-10(3)17-13-12(15)7-11(14)8-16-13/h7-10H,4-6H2,1-3H3,(H,16,17). The van der Waals surface area contributed by atoms with Gasteiger partial charge in [-0.05, 0) is 25.3 Å². The minimum Gasteiger partial charge on any atom is -0.366 e. The minimum absolute atomic E-state index is 0.375. The van der Waals surface area contributed by atoms with Crippen LogP contribution in [-0.4, -0.2) is 11.0 Å². The fourth-order valence-corrected chi connectivity index (χ4v) is 2.09. The molecular formula is C13H20Cl2N2. The lowest BCUT2D eigenvalue weighted by atomic mass is 10.0. The highest BCUT2D eigenvalue weighted by molar-refractivity contribution is 6.35. The first-order chi connectivity index (χ1) is 7.99. The Hall–Kier alpha value is -0.470. The molecule has 4 heteroatoms. The molecule has 96 valence electrons. The van der Waals surface area contributed by atoms with Gasteiger partial charge in [0.1, 0.15) is 5.82 Å². The van der Waals surface area contributed by atoms with E-state index in [4.69, 9.17) is 23.2 Å². The molecule has 1 unspecified atom stereocenters. The van der Waals surface area contributed by atoms with Gasteiger partial charge in [-0.25, -0.2) is 4.98 Å². The molecular weight excluding hydrogens is 255 g/mol. The van der Waals surface area contributed by atoms with Crippen LogP contribution in [0.1, 0.15) is 40.0 Å². The molecule has 0 spiro atoms. The van der Waals surface area contributed by atoms with Gasteiger partial charge >= 0.3 is 0 Å². The van der Waals surface area contributed by atoms with Crippen molar-refractivity contribution in [2.75, 3.05) is 5.32 Å². The molecule has 17 heavy (non-hydrogen) atoms. The topological polar surface area (TPSA) is 24.9 Å². The van der Waals surface area contributed by atoms with E-state index in [0.29, 0.717) is 21.9 Å². The molecule has 1 atom stereocenters. The van der Waals surface area contributed by atoms with Gasteiger partial charge in [0.25, 0.3) is 0 Å². The van der Waals surface area contributed by atoms with E-state index < -0.39 is 0 Å². The highest BCUT2D eigenvalue weighted by atomic mass is 35.5. The molecule has 0 radical (unpaired) electrons. The smallest absolute Gasteiger partial charge is 0.145 e. The summed E-state index contributed by atoms with van der Waals surface area (Å²) in [7, 11) is 0. The molecule has 1 aromatic heterocycles. The van der Waals surface area contributed by atoms with Crippen LogP contribution in [0.15, 0.2) is 12.3 Å². The van der Waals surface area contributed by atoms with Crippen LogP contribution in [0, 0.1) is 5.92 Å². The lowest BCUT2D eigenvalue weighted by Gasteiger charge is -2.16. The Bertz CT molecular complexity index is 353. The van der Waals surface area contributed by atoms with Gasteiger partial charge in [0, 0.05) is 12.2 Å². The lowest BCUT2D eigenvalue weighted by molar-refractivity contribution is 0.520. The molecule has 0 aliphatic heterocycles. The molecule has 1 rings (SSSR count). The summed E-state index contributed by atoms with van der Waals surface area (Å²) in [4.78, 5) is 4.19. The molecule has 1 heterocycles. The van der Waals surface area contributed by atoms with Crippen LogP contribution in [0.2, 0.25) is 10.0 Å². The van der Waals surface area contributed by atoms with Crippen molar-refractivity contribution in [1.82, 2.24) is 4.98 Å². The number of hydrogen-bond donors (Lipinski definition) is 1. The number of nitrogens with zero attached hydrogens (tertiary/aromatic N) is 1. The van der Waals surface area contributed by atoms with Crippen molar-refractivity contribution in [3.63, 3.8) is 0 Å². The maximum Gasteiger partial charge on any atom is 0.145 e. The predicted octanol–water partition coefficient (Wildman–Crippen LogP) is 5.02. The zero-order chi connectivity index (χ0) is 12.8. The first kappa shape index (κ1) is 14.6. The van der Waals surface area contributed by atoms with Gasteiger partial charge in [-0.15, -0.1) is 0 Å². The van der Waals surface area contributed by atoms with Gasteiger partial charge < -0.3 is 5.32 Å². The van der Waals surface area contributed by atoms with Gasteiger partial charge in [0.05, 0.1) is 10.0 Å². The molecule has 0 amide bonds. The van der Waals surface area contributed by atoms with E-state index in [9.17, 15) is 0 Å². The average molecular weight is 275 g/mol. The van der Waals surface area contributed by atoms with Crippen molar-refractivity contribution in [1.29, 1.82) is 0 Å². The first-order valence-corrected chi connectivity index (χ1v) is 6.82. The lowest BCUT2D eigenvalue weighted by Crippen LogP contribution is -2.16. The second kappa shape index (κ2) is 7.07. The third kappa shape index (κ3) is 5.60. The van der Waals surface area contributed by atoms with Gasteiger partial charge in [-0.1, -0.05) is 49.9 Å². The third-order valence-electron chi connectivity index (χ3n) is 2.61. The maximum atomic E-state index is 6.05. The monoisotopic (exact) mass is 274 g/mol. The maximum absolute atomic E-state index is 6.05. The van der Waals surface area contributed by atoms with Crippen LogP contribution in [0.25, 0.3) is 0 Å². The molecule has 1 N–H and O–H groups in total. The minimum atomic E-state index is 0.375. The van der Waals surface area contributed by atoms with Crippen LogP contribution in [0.4, 0.5) is 5.82 Å². The summed E-state index contributed by atoms with van der Waals surface area (Å²) in [6.07, 6.45) is 5.21. The number of pyridine rings is 1. The normalized spacial score (nSPS) is 12.8. The van der Waals surface area contributed by atoms with Crippen molar-refractivity contribution in [3.05, 3.63) is 22.3 Å². The van der Waals surface area contributed by atoms with Crippen molar-refractivity contribution in [2.24, 2.45) is 5.92 Å². The molecule has 0 aliphatic carbocycles. The Morgan fingerprint density at radius 3 is 2.53 bits per heavy atom. The molecule has 1 aromatic rings. The fraction of sp³-hybridized carbons (Fsp3) is 0.615. The number of anilines is 1. The molecule has 0 bridgehead atoms. The van der Waals surface area contributed by atoms with Crippen LogP contribution in [0.3, 0.4) is 0 Å². The number of rotatable bonds is 6. The summed E-state index contributed by atoms with van der Waals surface area (Å²) in [5.74, 6) is 1.48. The van der Waals surface area contributed by atoms with E-state index in [-0.39, 0.29) is 0 Å². The Morgan fingerprint density at radius 1 is 1.24 bits per heavy atom. The first-order valence-electron chi connectivity index (χ1n) is 6.06. The summed E-state index contributed by atoms with van der Waals surface area (Å²) in [5, 5.41) is 4.45. The van der Waals surface area contributed by atoms with E-state index in [0.717, 1.165) is 12.3 Å². The predicted molar refractivity (Wildman–Crippen MR) is 76.0 cm³/mol. The molecule has 0 aromatic carbocycles. The highest BCUT2D eigenvalue weighted by Gasteiger charge is 2.07. The van der Waals surface area contributed by atoms with E-state index in [1.807, 2.05) is 0 Å². The Labute approximate surface area is 114 Å². The number of halogens is 2.